The van der Waals surface area contributed by atoms with Gasteiger partial charge in [-0.3, -0.25) is 4.98 Å². The molecule has 0 amide bonds. The molecular weight excluding hydrogens is 234 g/mol. The van der Waals surface area contributed by atoms with Crippen molar-refractivity contribution in [3.63, 3.8) is 0 Å². The molecule has 0 saturated heterocycles. The van der Waals surface area contributed by atoms with Gasteiger partial charge in [-0.15, -0.1) is 0 Å². The summed E-state index contributed by atoms with van der Waals surface area (Å²) in [6.45, 7) is 2.75. The zero-order chi connectivity index (χ0) is 13.5. The van der Waals surface area contributed by atoms with E-state index < -0.39 is 0 Å². The standard InChI is InChI=1S/C16H21N3/c1-19(2)13-16-6-4-3-5-15(16)12-18-11-14-7-9-17-10-8-14/h3-10,18H,11-13H2,1-2H3. The monoisotopic (exact) mass is 255 g/mol. The maximum Gasteiger partial charge on any atom is 0.0271 e. The van der Waals surface area contributed by atoms with Crippen LogP contribution in [0.3, 0.4) is 0 Å². The van der Waals surface area contributed by atoms with E-state index in [2.05, 4.69) is 53.6 Å². The average Bonchev–Trinajstić information content (AvgIpc) is 2.41. The summed E-state index contributed by atoms with van der Waals surface area (Å²) in [5.74, 6) is 0. The number of aromatic nitrogens is 1. The highest BCUT2D eigenvalue weighted by Crippen LogP contribution is 2.10. The molecule has 3 heteroatoms. The van der Waals surface area contributed by atoms with Gasteiger partial charge in [0.1, 0.15) is 0 Å². The van der Waals surface area contributed by atoms with Crippen LogP contribution in [0.2, 0.25) is 0 Å². The first-order valence-electron chi connectivity index (χ1n) is 6.57. The van der Waals surface area contributed by atoms with Crippen molar-refractivity contribution in [1.82, 2.24) is 15.2 Å². The summed E-state index contributed by atoms with van der Waals surface area (Å²) < 4.78 is 0. The van der Waals surface area contributed by atoms with Crippen LogP contribution in [0.4, 0.5) is 0 Å². The summed E-state index contributed by atoms with van der Waals surface area (Å²) in [6, 6.07) is 12.7. The Bertz CT molecular complexity index is 494. The van der Waals surface area contributed by atoms with Crippen LogP contribution < -0.4 is 5.32 Å². The number of pyridine rings is 1. The highest BCUT2D eigenvalue weighted by Gasteiger charge is 2.02. The Morgan fingerprint density at radius 1 is 0.947 bits per heavy atom. The van der Waals surface area contributed by atoms with E-state index in [-0.39, 0.29) is 0 Å². The van der Waals surface area contributed by atoms with Gasteiger partial charge in [0.05, 0.1) is 0 Å². The summed E-state index contributed by atoms with van der Waals surface area (Å²) in [5, 5.41) is 3.49. The van der Waals surface area contributed by atoms with E-state index >= 15 is 0 Å². The Morgan fingerprint density at radius 3 is 2.32 bits per heavy atom. The van der Waals surface area contributed by atoms with E-state index in [1.165, 1.54) is 16.7 Å². The fourth-order valence-electron chi connectivity index (χ4n) is 2.07. The van der Waals surface area contributed by atoms with E-state index in [1.807, 2.05) is 24.5 Å². The van der Waals surface area contributed by atoms with Crippen molar-refractivity contribution >= 4 is 0 Å². The van der Waals surface area contributed by atoms with Crippen molar-refractivity contribution in [1.29, 1.82) is 0 Å². The second kappa shape index (κ2) is 7.02. The molecule has 0 aliphatic heterocycles. The Morgan fingerprint density at radius 2 is 1.63 bits per heavy atom. The van der Waals surface area contributed by atoms with Gasteiger partial charge in [-0.2, -0.15) is 0 Å². The van der Waals surface area contributed by atoms with Gasteiger partial charge >= 0.3 is 0 Å². The smallest absolute Gasteiger partial charge is 0.0271 e. The number of hydrogen-bond donors (Lipinski definition) is 1. The summed E-state index contributed by atoms with van der Waals surface area (Å²) in [7, 11) is 4.20. The first-order valence-corrected chi connectivity index (χ1v) is 6.57. The molecule has 0 saturated carbocycles. The number of nitrogens with one attached hydrogen (secondary N) is 1. The largest absolute Gasteiger partial charge is 0.309 e. The van der Waals surface area contributed by atoms with Gasteiger partial charge in [-0.05, 0) is 42.9 Å². The van der Waals surface area contributed by atoms with Crippen LogP contribution in [0.25, 0.3) is 0 Å². The van der Waals surface area contributed by atoms with Crippen molar-refractivity contribution in [3.8, 4) is 0 Å². The Labute approximate surface area is 115 Å². The van der Waals surface area contributed by atoms with Gasteiger partial charge in [-0.1, -0.05) is 24.3 Å². The Kier molecular flexibility index (Phi) is 5.07. The maximum absolute atomic E-state index is 4.03. The molecule has 0 aliphatic rings. The molecule has 1 aromatic carbocycles. The lowest BCUT2D eigenvalue weighted by Gasteiger charge is -2.14. The molecule has 0 aliphatic carbocycles. The fourth-order valence-corrected chi connectivity index (χ4v) is 2.07. The summed E-state index contributed by atoms with van der Waals surface area (Å²) in [4.78, 5) is 6.22. The number of nitrogens with zero attached hydrogens (tertiary/aromatic N) is 2. The van der Waals surface area contributed by atoms with Crippen molar-refractivity contribution in [2.75, 3.05) is 14.1 Å². The summed E-state index contributed by atoms with van der Waals surface area (Å²) in [5.41, 5.74) is 4.01. The lowest BCUT2D eigenvalue weighted by atomic mass is 10.1. The lowest BCUT2D eigenvalue weighted by molar-refractivity contribution is 0.400. The molecule has 0 unspecified atom stereocenters. The van der Waals surface area contributed by atoms with Crippen LogP contribution in [0, 0.1) is 0 Å². The van der Waals surface area contributed by atoms with E-state index in [0.717, 1.165) is 19.6 Å². The normalized spacial score (nSPS) is 10.9. The minimum absolute atomic E-state index is 0.874. The van der Waals surface area contributed by atoms with Crippen LogP contribution in [-0.4, -0.2) is 24.0 Å². The Balaban J connectivity index is 1.92. The van der Waals surface area contributed by atoms with Gasteiger partial charge < -0.3 is 10.2 Å². The number of hydrogen-bond acceptors (Lipinski definition) is 3. The fraction of sp³-hybridized carbons (Fsp3) is 0.312. The lowest BCUT2D eigenvalue weighted by Crippen LogP contribution is -2.17. The second-order valence-corrected chi connectivity index (χ2v) is 4.97. The molecule has 1 heterocycles. The van der Waals surface area contributed by atoms with E-state index in [9.17, 15) is 0 Å². The molecule has 2 aromatic rings. The maximum atomic E-state index is 4.03. The summed E-state index contributed by atoms with van der Waals surface area (Å²) in [6.07, 6.45) is 3.66. The van der Waals surface area contributed by atoms with Gasteiger partial charge in [0.15, 0.2) is 0 Å². The van der Waals surface area contributed by atoms with E-state index in [4.69, 9.17) is 0 Å². The molecule has 2 rings (SSSR count). The van der Waals surface area contributed by atoms with Gasteiger partial charge in [0.2, 0.25) is 0 Å². The van der Waals surface area contributed by atoms with E-state index in [1.54, 1.807) is 0 Å². The molecule has 0 bridgehead atoms. The van der Waals surface area contributed by atoms with Crippen LogP contribution in [0.1, 0.15) is 16.7 Å². The molecule has 0 spiro atoms. The minimum Gasteiger partial charge on any atom is -0.309 e. The second-order valence-electron chi connectivity index (χ2n) is 4.97. The quantitative estimate of drug-likeness (QED) is 0.859. The molecule has 0 fully saturated rings. The predicted octanol–water partition coefficient (Wildman–Crippen LogP) is 2.43. The van der Waals surface area contributed by atoms with Gasteiger partial charge in [-0.25, -0.2) is 0 Å². The highest BCUT2D eigenvalue weighted by atomic mass is 15.0. The van der Waals surface area contributed by atoms with Crippen molar-refractivity contribution in [3.05, 3.63) is 65.5 Å². The first kappa shape index (κ1) is 13.7. The third-order valence-electron chi connectivity index (χ3n) is 3.00. The molecule has 3 nitrogen and oxygen atoms in total. The zero-order valence-electron chi connectivity index (χ0n) is 11.6. The Hall–Kier alpha value is -1.71. The molecule has 0 radical (unpaired) electrons. The predicted molar refractivity (Wildman–Crippen MR) is 78.6 cm³/mol. The van der Waals surface area contributed by atoms with Crippen molar-refractivity contribution in [2.45, 2.75) is 19.6 Å². The SMILES string of the molecule is CN(C)Cc1ccccc1CNCc1ccncc1. The highest BCUT2D eigenvalue weighted by molar-refractivity contribution is 5.27. The van der Waals surface area contributed by atoms with Crippen LogP contribution in [-0.2, 0) is 19.6 Å². The molecule has 1 aromatic heterocycles. The van der Waals surface area contributed by atoms with Crippen LogP contribution >= 0.6 is 0 Å². The zero-order valence-corrected chi connectivity index (χ0v) is 11.6. The molecule has 19 heavy (non-hydrogen) atoms. The number of benzene rings is 1. The molecular formula is C16H21N3. The minimum atomic E-state index is 0.874. The molecule has 100 valence electrons. The van der Waals surface area contributed by atoms with Gasteiger partial charge in [0, 0.05) is 32.0 Å². The molecule has 1 N–H and O–H groups in total. The topological polar surface area (TPSA) is 28.2 Å². The van der Waals surface area contributed by atoms with Gasteiger partial charge in [0.25, 0.3) is 0 Å². The number of rotatable bonds is 6. The molecule has 0 atom stereocenters. The third-order valence-corrected chi connectivity index (χ3v) is 3.00. The van der Waals surface area contributed by atoms with E-state index in [0.29, 0.717) is 0 Å². The van der Waals surface area contributed by atoms with Crippen LogP contribution in [0.15, 0.2) is 48.8 Å². The van der Waals surface area contributed by atoms with Crippen molar-refractivity contribution < 1.29 is 0 Å². The summed E-state index contributed by atoms with van der Waals surface area (Å²) >= 11 is 0. The average molecular weight is 255 g/mol. The first-order chi connectivity index (χ1) is 9.25. The van der Waals surface area contributed by atoms with Crippen molar-refractivity contribution in [2.24, 2.45) is 0 Å². The van der Waals surface area contributed by atoms with Crippen LogP contribution in [0.5, 0.6) is 0 Å². The third kappa shape index (κ3) is 4.47.